The van der Waals surface area contributed by atoms with E-state index in [4.69, 9.17) is 4.42 Å². The van der Waals surface area contributed by atoms with Gasteiger partial charge in [-0.1, -0.05) is 0 Å². The van der Waals surface area contributed by atoms with E-state index >= 15 is 0 Å². The van der Waals surface area contributed by atoms with Crippen molar-refractivity contribution in [2.24, 2.45) is 0 Å². The van der Waals surface area contributed by atoms with Gasteiger partial charge in [-0.3, -0.25) is 9.78 Å². The lowest BCUT2D eigenvalue weighted by atomic mass is 10.3. The minimum absolute atomic E-state index is 0.0459. The van der Waals surface area contributed by atoms with Crippen LogP contribution in [0.1, 0.15) is 12.8 Å². The van der Waals surface area contributed by atoms with Crippen molar-refractivity contribution in [1.29, 1.82) is 0 Å². The lowest BCUT2D eigenvalue weighted by Gasteiger charge is -2.01. The molecular formula is C12H12N4O4. The molecule has 8 heteroatoms. The number of carbonyl (C=O) groups excluding carboxylic acids is 2. The highest BCUT2D eigenvalue weighted by molar-refractivity contribution is 6.32. The van der Waals surface area contributed by atoms with Crippen LogP contribution in [0, 0.1) is 0 Å². The van der Waals surface area contributed by atoms with Crippen molar-refractivity contribution >= 4 is 11.9 Å². The Morgan fingerprint density at radius 1 is 1.30 bits per heavy atom. The SMILES string of the molecule is CCOC(=O)C(=O)NCc1nnc(-c2ccncc2)o1. The number of rotatable bonds is 4. The molecule has 0 aliphatic heterocycles. The first kappa shape index (κ1) is 13.7. The van der Waals surface area contributed by atoms with Gasteiger partial charge in [-0.15, -0.1) is 10.2 Å². The molecule has 0 saturated carbocycles. The van der Waals surface area contributed by atoms with Crippen molar-refractivity contribution in [3.63, 3.8) is 0 Å². The van der Waals surface area contributed by atoms with Crippen molar-refractivity contribution in [3.8, 4) is 11.5 Å². The Morgan fingerprint density at radius 2 is 2.05 bits per heavy atom. The van der Waals surface area contributed by atoms with Crippen molar-refractivity contribution < 1.29 is 18.7 Å². The summed E-state index contributed by atoms with van der Waals surface area (Å²) in [6.07, 6.45) is 3.20. The summed E-state index contributed by atoms with van der Waals surface area (Å²) in [4.78, 5) is 26.3. The summed E-state index contributed by atoms with van der Waals surface area (Å²) >= 11 is 0. The smallest absolute Gasteiger partial charge is 0.396 e. The van der Waals surface area contributed by atoms with Gasteiger partial charge in [-0.2, -0.15) is 0 Å². The zero-order valence-electron chi connectivity index (χ0n) is 10.7. The van der Waals surface area contributed by atoms with Crippen molar-refractivity contribution in [3.05, 3.63) is 30.4 Å². The first-order valence-electron chi connectivity index (χ1n) is 5.88. The molecule has 1 N–H and O–H groups in total. The van der Waals surface area contributed by atoms with Crippen LogP contribution in [0.2, 0.25) is 0 Å². The molecule has 104 valence electrons. The Morgan fingerprint density at radius 3 is 2.75 bits per heavy atom. The summed E-state index contributed by atoms with van der Waals surface area (Å²) < 4.78 is 9.89. The minimum Gasteiger partial charge on any atom is -0.459 e. The van der Waals surface area contributed by atoms with Crippen molar-refractivity contribution in [1.82, 2.24) is 20.5 Å². The van der Waals surface area contributed by atoms with E-state index in [1.165, 1.54) is 0 Å². The molecule has 8 nitrogen and oxygen atoms in total. The van der Waals surface area contributed by atoms with Gasteiger partial charge in [0.05, 0.1) is 13.2 Å². The fourth-order valence-corrected chi connectivity index (χ4v) is 1.36. The third kappa shape index (κ3) is 3.37. The molecule has 2 aromatic heterocycles. The molecule has 0 unspecified atom stereocenters. The van der Waals surface area contributed by atoms with E-state index in [2.05, 4.69) is 25.2 Å². The molecule has 0 saturated heterocycles. The summed E-state index contributed by atoms with van der Waals surface area (Å²) in [6, 6.07) is 3.43. The molecule has 0 radical (unpaired) electrons. The van der Waals surface area contributed by atoms with E-state index in [9.17, 15) is 9.59 Å². The Bertz CT molecular complexity index is 597. The fraction of sp³-hybridized carbons (Fsp3) is 0.250. The topological polar surface area (TPSA) is 107 Å². The average molecular weight is 276 g/mol. The molecule has 2 heterocycles. The molecule has 0 atom stereocenters. The van der Waals surface area contributed by atoms with Crippen LogP contribution in [0.25, 0.3) is 11.5 Å². The maximum atomic E-state index is 11.3. The maximum absolute atomic E-state index is 11.3. The highest BCUT2D eigenvalue weighted by atomic mass is 16.5. The van der Waals surface area contributed by atoms with E-state index in [1.807, 2.05) is 0 Å². The number of nitrogens with one attached hydrogen (secondary N) is 1. The van der Waals surface area contributed by atoms with Gasteiger partial charge in [-0.25, -0.2) is 4.79 Å². The molecular weight excluding hydrogens is 264 g/mol. The number of pyridine rings is 1. The number of carbonyl (C=O) groups is 2. The van der Waals surface area contributed by atoms with E-state index in [1.54, 1.807) is 31.5 Å². The number of ether oxygens (including phenoxy) is 1. The number of esters is 1. The van der Waals surface area contributed by atoms with Crippen LogP contribution >= 0.6 is 0 Å². The number of hydrogen-bond donors (Lipinski definition) is 1. The zero-order chi connectivity index (χ0) is 14.4. The van der Waals surface area contributed by atoms with Gasteiger partial charge in [-0.05, 0) is 19.1 Å². The summed E-state index contributed by atoms with van der Waals surface area (Å²) in [5.41, 5.74) is 0.718. The second kappa shape index (κ2) is 6.41. The van der Waals surface area contributed by atoms with Gasteiger partial charge in [0.1, 0.15) is 0 Å². The Labute approximate surface area is 114 Å². The van der Waals surface area contributed by atoms with E-state index < -0.39 is 11.9 Å². The molecule has 20 heavy (non-hydrogen) atoms. The maximum Gasteiger partial charge on any atom is 0.396 e. The number of nitrogens with zero attached hydrogens (tertiary/aromatic N) is 3. The van der Waals surface area contributed by atoms with Gasteiger partial charge in [0.2, 0.25) is 11.8 Å². The zero-order valence-corrected chi connectivity index (χ0v) is 10.7. The average Bonchev–Trinajstić information content (AvgIpc) is 2.95. The predicted molar refractivity (Wildman–Crippen MR) is 66.0 cm³/mol. The lowest BCUT2D eigenvalue weighted by Crippen LogP contribution is -2.32. The molecule has 0 fully saturated rings. The third-order valence-corrected chi connectivity index (χ3v) is 2.26. The molecule has 0 aliphatic rings. The monoisotopic (exact) mass is 276 g/mol. The van der Waals surface area contributed by atoms with Crippen molar-refractivity contribution in [2.75, 3.05) is 6.61 Å². The van der Waals surface area contributed by atoms with Crippen LogP contribution in [0.4, 0.5) is 0 Å². The fourth-order valence-electron chi connectivity index (χ4n) is 1.36. The summed E-state index contributed by atoms with van der Waals surface area (Å²) in [6.45, 7) is 1.71. The Hall–Kier alpha value is -2.77. The Balaban J connectivity index is 1.94. The van der Waals surface area contributed by atoms with Gasteiger partial charge < -0.3 is 14.5 Å². The third-order valence-electron chi connectivity index (χ3n) is 2.26. The van der Waals surface area contributed by atoms with Gasteiger partial charge in [0, 0.05) is 18.0 Å². The molecule has 0 aromatic carbocycles. The number of hydrogen-bond acceptors (Lipinski definition) is 7. The lowest BCUT2D eigenvalue weighted by molar-refractivity contribution is -0.154. The molecule has 2 rings (SSSR count). The largest absolute Gasteiger partial charge is 0.459 e. The quantitative estimate of drug-likeness (QED) is 0.632. The first-order valence-corrected chi connectivity index (χ1v) is 5.88. The van der Waals surface area contributed by atoms with Crippen LogP contribution in [-0.2, 0) is 20.9 Å². The second-order valence-electron chi connectivity index (χ2n) is 3.64. The molecule has 2 aromatic rings. The Kier molecular flexibility index (Phi) is 4.38. The molecule has 1 amide bonds. The first-order chi connectivity index (χ1) is 9.70. The summed E-state index contributed by atoms with van der Waals surface area (Å²) in [5.74, 6) is -1.29. The highest BCUT2D eigenvalue weighted by Gasteiger charge is 2.15. The van der Waals surface area contributed by atoms with Gasteiger partial charge in [0.15, 0.2) is 0 Å². The summed E-state index contributed by atoms with van der Waals surface area (Å²) in [5, 5.41) is 9.93. The van der Waals surface area contributed by atoms with Gasteiger partial charge >= 0.3 is 11.9 Å². The molecule has 0 bridgehead atoms. The molecule has 0 spiro atoms. The normalized spacial score (nSPS) is 10.1. The standard InChI is InChI=1S/C12H12N4O4/c1-2-19-12(18)10(17)14-7-9-15-16-11(20-9)8-3-5-13-6-4-8/h3-6H,2,7H2,1H3,(H,14,17). The van der Waals surface area contributed by atoms with E-state index in [0.29, 0.717) is 5.89 Å². The van der Waals surface area contributed by atoms with Crippen LogP contribution in [0.15, 0.2) is 28.9 Å². The highest BCUT2D eigenvalue weighted by Crippen LogP contribution is 2.15. The van der Waals surface area contributed by atoms with Crippen LogP contribution in [0.3, 0.4) is 0 Å². The second-order valence-corrected chi connectivity index (χ2v) is 3.64. The van der Waals surface area contributed by atoms with Gasteiger partial charge in [0.25, 0.3) is 0 Å². The van der Waals surface area contributed by atoms with Crippen molar-refractivity contribution in [2.45, 2.75) is 13.5 Å². The summed E-state index contributed by atoms with van der Waals surface area (Å²) in [7, 11) is 0. The van der Waals surface area contributed by atoms with Crippen LogP contribution in [0.5, 0.6) is 0 Å². The number of aromatic nitrogens is 3. The van der Waals surface area contributed by atoms with Crippen LogP contribution in [-0.4, -0.2) is 33.7 Å². The predicted octanol–water partition coefficient (Wildman–Crippen LogP) is 0.311. The number of amides is 1. The van der Waals surface area contributed by atoms with Crippen LogP contribution < -0.4 is 5.32 Å². The minimum atomic E-state index is -0.943. The van der Waals surface area contributed by atoms with E-state index in [-0.39, 0.29) is 19.0 Å². The van der Waals surface area contributed by atoms with E-state index in [0.717, 1.165) is 5.56 Å². The molecule has 0 aliphatic carbocycles.